The fraction of sp³-hybridized carbons (Fsp3) is 0.750. The van der Waals surface area contributed by atoms with Gasteiger partial charge >= 0.3 is 0 Å². The van der Waals surface area contributed by atoms with Gasteiger partial charge < -0.3 is 14.7 Å². The first kappa shape index (κ1) is 22.1. The zero-order chi connectivity index (χ0) is 19.6. The Morgan fingerprint density at radius 2 is 1.96 bits per heavy atom. The highest BCUT2D eigenvalue weighted by molar-refractivity contribution is 6.28. The van der Waals surface area contributed by atoms with Crippen LogP contribution in [0.25, 0.3) is 0 Å². The molecule has 0 spiro atoms. The maximum absolute atomic E-state index is 8.78. The number of halogens is 1. The highest BCUT2D eigenvalue weighted by Crippen LogP contribution is 2.32. The smallest absolute Gasteiger partial charge is 0.224 e. The van der Waals surface area contributed by atoms with Crippen molar-refractivity contribution in [2.75, 3.05) is 24.6 Å². The molecule has 3 heterocycles. The summed E-state index contributed by atoms with van der Waals surface area (Å²) in [6, 6.07) is 0. The minimum absolute atomic E-state index is 0.136. The van der Waals surface area contributed by atoms with Gasteiger partial charge in [0.05, 0.1) is 24.5 Å². The molecule has 2 aliphatic rings. The first-order chi connectivity index (χ1) is 13.1. The summed E-state index contributed by atoms with van der Waals surface area (Å²) in [7, 11) is 0. The lowest BCUT2D eigenvalue weighted by atomic mass is 10.1. The number of hydrogen-bond donors (Lipinski definition) is 1. The predicted molar refractivity (Wildman–Crippen MR) is 112 cm³/mol. The lowest BCUT2D eigenvalue weighted by molar-refractivity contribution is 0.00776. The standard InChI is InChI=1S/C11H15ClN4.C9H18O2/c1-3-13-9-8(2)14-11(12)15-10(9)16-6-4-5-7-16;1-2-3-4-8-5-6-9(7-10)11-8/h3H,4-7H2,1-2H3;8-10H,2-7H2,1H3. The Hall–Kier alpha value is -1.24. The Morgan fingerprint density at radius 1 is 1.26 bits per heavy atom. The molecule has 2 saturated heterocycles. The maximum Gasteiger partial charge on any atom is 0.224 e. The summed E-state index contributed by atoms with van der Waals surface area (Å²) in [5.74, 6) is 0.869. The van der Waals surface area contributed by atoms with Gasteiger partial charge in [-0.25, -0.2) is 4.98 Å². The second-order valence-corrected chi connectivity index (χ2v) is 7.45. The molecule has 0 aliphatic carbocycles. The number of aryl methyl sites for hydroxylation is 1. The number of anilines is 1. The van der Waals surface area contributed by atoms with Crippen molar-refractivity contribution in [3.05, 3.63) is 11.0 Å². The molecule has 7 heteroatoms. The molecule has 0 saturated carbocycles. The van der Waals surface area contributed by atoms with Crippen molar-refractivity contribution in [2.24, 2.45) is 4.99 Å². The lowest BCUT2D eigenvalue weighted by Gasteiger charge is -2.19. The van der Waals surface area contributed by atoms with Gasteiger partial charge in [0.2, 0.25) is 5.28 Å². The predicted octanol–water partition coefficient (Wildman–Crippen LogP) is 4.48. The van der Waals surface area contributed by atoms with Crippen molar-refractivity contribution in [1.82, 2.24) is 9.97 Å². The third-order valence-corrected chi connectivity index (χ3v) is 5.12. The average Bonchev–Trinajstić information content (AvgIpc) is 3.34. The van der Waals surface area contributed by atoms with Crippen LogP contribution in [-0.2, 0) is 4.74 Å². The molecule has 1 aromatic rings. The van der Waals surface area contributed by atoms with Crippen LogP contribution in [0.1, 0.15) is 64.5 Å². The molecule has 152 valence electrons. The van der Waals surface area contributed by atoms with Gasteiger partial charge in [0.1, 0.15) is 5.69 Å². The SMILES string of the molecule is CC=Nc1c(C)nc(Cl)nc1N1CCCC1.CCCCC1CCC(CO)O1. The summed E-state index contributed by atoms with van der Waals surface area (Å²) in [6.45, 7) is 8.25. The van der Waals surface area contributed by atoms with Crippen LogP contribution >= 0.6 is 11.6 Å². The molecule has 2 unspecified atom stereocenters. The van der Waals surface area contributed by atoms with E-state index in [1.165, 1.54) is 32.1 Å². The average molecular weight is 397 g/mol. The first-order valence-corrected chi connectivity index (χ1v) is 10.5. The summed E-state index contributed by atoms with van der Waals surface area (Å²) in [6.07, 6.45) is 10.6. The molecule has 2 fully saturated rings. The Balaban J connectivity index is 0.000000208. The number of ether oxygens (including phenoxy) is 1. The molecular weight excluding hydrogens is 364 g/mol. The van der Waals surface area contributed by atoms with Crippen LogP contribution in [0.3, 0.4) is 0 Å². The van der Waals surface area contributed by atoms with Crippen LogP contribution in [0.2, 0.25) is 5.28 Å². The summed E-state index contributed by atoms with van der Waals surface area (Å²) in [5, 5.41) is 9.08. The van der Waals surface area contributed by atoms with Gasteiger partial charge in [-0.2, -0.15) is 4.98 Å². The molecule has 1 N–H and O–H groups in total. The fourth-order valence-electron chi connectivity index (χ4n) is 3.51. The molecule has 0 amide bonds. The van der Waals surface area contributed by atoms with Gasteiger partial charge in [0, 0.05) is 19.3 Å². The van der Waals surface area contributed by atoms with Crippen LogP contribution in [0.4, 0.5) is 11.5 Å². The maximum atomic E-state index is 8.78. The first-order valence-electron chi connectivity index (χ1n) is 10.1. The molecule has 0 aromatic carbocycles. The highest BCUT2D eigenvalue weighted by atomic mass is 35.5. The van der Waals surface area contributed by atoms with Crippen LogP contribution in [0.5, 0.6) is 0 Å². The minimum Gasteiger partial charge on any atom is -0.394 e. The molecule has 2 atom stereocenters. The van der Waals surface area contributed by atoms with Crippen molar-refractivity contribution in [1.29, 1.82) is 0 Å². The number of aliphatic hydroxyl groups excluding tert-OH is 1. The number of aliphatic imine (C=N–C) groups is 1. The molecule has 27 heavy (non-hydrogen) atoms. The Kier molecular flexibility index (Phi) is 9.45. The molecule has 1 aromatic heterocycles. The molecule has 0 radical (unpaired) electrons. The summed E-state index contributed by atoms with van der Waals surface area (Å²) >= 11 is 5.90. The minimum atomic E-state index is 0.136. The van der Waals surface area contributed by atoms with Gasteiger partial charge in [-0.1, -0.05) is 19.8 Å². The van der Waals surface area contributed by atoms with E-state index in [4.69, 9.17) is 21.4 Å². The largest absolute Gasteiger partial charge is 0.394 e. The van der Waals surface area contributed by atoms with E-state index in [2.05, 4.69) is 26.8 Å². The molecule has 0 bridgehead atoms. The van der Waals surface area contributed by atoms with Gasteiger partial charge in [-0.15, -0.1) is 0 Å². The van der Waals surface area contributed by atoms with E-state index in [9.17, 15) is 0 Å². The Morgan fingerprint density at radius 3 is 2.56 bits per heavy atom. The van der Waals surface area contributed by atoms with E-state index in [0.29, 0.717) is 11.4 Å². The van der Waals surface area contributed by atoms with E-state index >= 15 is 0 Å². The zero-order valence-corrected chi connectivity index (χ0v) is 17.6. The van der Waals surface area contributed by atoms with Gasteiger partial charge in [-0.05, 0) is 57.6 Å². The summed E-state index contributed by atoms with van der Waals surface area (Å²) in [4.78, 5) is 15.0. The normalized spacial score (nSPS) is 22.3. The Labute approximate surface area is 168 Å². The zero-order valence-electron chi connectivity index (χ0n) is 16.8. The monoisotopic (exact) mass is 396 g/mol. The van der Waals surface area contributed by atoms with Crippen molar-refractivity contribution in [2.45, 2.75) is 77.9 Å². The van der Waals surface area contributed by atoms with Gasteiger partial charge in [0.15, 0.2) is 5.82 Å². The summed E-state index contributed by atoms with van der Waals surface area (Å²) in [5.41, 5.74) is 1.67. The van der Waals surface area contributed by atoms with E-state index in [1.807, 2.05) is 13.8 Å². The van der Waals surface area contributed by atoms with Crippen LogP contribution < -0.4 is 4.90 Å². The molecule has 2 aliphatic heterocycles. The van der Waals surface area contributed by atoms with E-state index in [1.54, 1.807) is 6.21 Å². The van der Waals surface area contributed by atoms with Crippen molar-refractivity contribution in [3.8, 4) is 0 Å². The van der Waals surface area contributed by atoms with Gasteiger partial charge in [0.25, 0.3) is 0 Å². The quantitative estimate of drug-likeness (QED) is 0.567. The van der Waals surface area contributed by atoms with E-state index in [0.717, 1.165) is 43.1 Å². The third kappa shape index (κ3) is 6.70. The molecular formula is C20H33ClN4O2. The highest BCUT2D eigenvalue weighted by Gasteiger charge is 2.23. The second kappa shape index (κ2) is 11.6. The van der Waals surface area contributed by atoms with Crippen molar-refractivity contribution < 1.29 is 9.84 Å². The Bertz CT molecular complexity index is 606. The fourth-order valence-corrected chi connectivity index (χ4v) is 3.71. The second-order valence-electron chi connectivity index (χ2n) is 7.11. The van der Waals surface area contributed by atoms with E-state index < -0.39 is 0 Å². The lowest BCUT2D eigenvalue weighted by Crippen LogP contribution is -2.19. The number of hydrogen-bond acceptors (Lipinski definition) is 6. The summed E-state index contributed by atoms with van der Waals surface area (Å²) < 4.78 is 5.56. The van der Waals surface area contributed by atoms with Crippen molar-refractivity contribution in [3.63, 3.8) is 0 Å². The number of unbranched alkanes of at least 4 members (excludes halogenated alkanes) is 1. The van der Waals surface area contributed by atoms with Crippen LogP contribution in [-0.4, -0.2) is 53.2 Å². The van der Waals surface area contributed by atoms with Crippen LogP contribution in [0, 0.1) is 6.92 Å². The number of nitrogens with zero attached hydrogens (tertiary/aromatic N) is 4. The van der Waals surface area contributed by atoms with Crippen LogP contribution in [0.15, 0.2) is 4.99 Å². The van der Waals surface area contributed by atoms with Gasteiger partial charge in [-0.3, -0.25) is 4.99 Å². The number of aromatic nitrogens is 2. The van der Waals surface area contributed by atoms with Crippen molar-refractivity contribution >= 4 is 29.3 Å². The topological polar surface area (TPSA) is 70.8 Å². The molecule has 3 rings (SSSR count). The number of aliphatic hydroxyl groups is 1. The molecule has 6 nitrogen and oxygen atoms in total. The van der Waals surface area contributed by atoms with E-state index in [-0.39, 0.29) is 12.7 Å². The third-order valence-electron chi connectivity index (χ3n) is 4.96. The number of rotatable bonds is 6.